The number of benzene rings is 2. The van der Waals surface area contributed by atoms with Gasteiger partial charge in [0, 0.05) is 15.6 Å². The van der Waals surface area contributed by atoms with Crippen LogP contribution in [0.2, 0.25) is 15.1 Å². The first kappa shape index (κ1) is 14.0. The Hall–Kier alpha value is -1.42. The molecular formula is C13H9Cl3N2O. The van der Waals surface area contributed by atoms with Gasteiger partial charge in [-0.05, 0) is 42.5 Å². The van der Waals surface area contributed by atoms with Crippen molar-refractivity contribution in [1.29, 1.82) is 0 Å². The Morgan fingerprint density at radius 2 is 1.53 bits per heavy atom. The van der Waals surface area contributed by atoms with E-state index in [9.17, 15) is 4.79 Å². The zero-order valence-electron chi connectivity index (χ0n) is 9.58. The van der Waals surface area contributed by atoms with Crippen LogP contribution in [0.3, 0.4) is 0 Å². The molecule has 0 aliphatic heterocycles. The van der Waals surface area contributed by atoms with E-state index >= 15 is 0 Å². The van der Waals surface area contributed by atoms with Crippen molar-refractivity contribution in [3.05, 3.63) is 63.1 Å². The van der Waals surface area contributed by atoms with Crippen molar-refractivity contribution in [1.82, 2.24) is 5.43 Å². The molecule has 6 heteroatoms. The molecule has 0 heterocycles. The van der Waals surface area contributed by atoms with Crippen LogP contribution in [0.1, 0.15) is 10.4 Å². The summed E-state index contributed by atoms with van der Waals surface area (Å²) in [6.45, 7) is 0. The highest BCUT2D eigenvalue weighted by Gasteiger charge is 2.06. The first-order valence-electron chi connectivity index (χ1n) is 5.33. The monoisotopic (exact) mass is 314 g/mol. The minimum Gasteiger partial charge on any atom is -0.297 e. The van der Waals surface area contributed by atoms with Crippen LogP contribution in [0.4, 0.5) is 5.69 Å². The number of hydrogen-bond donors (Lipinski definition) is 2. The third kappa shape index (κ3) is 3.77. The number of nitrogens with one attached hydrogen (secondary N) is 2. The molecule has 0 saturated carbocycles. The van der Waals surface area contributed by atoms with E-state index in [0.29, 0.717) is 26.3 Å². The molecule has 2 aromatic carbocycles. The average Bonchev–Trinajstić information content (AvgIpc) is 2.38. The second kappa shape index (κ2) is 6.15. The molecule has 0 bridgehead atoms. The number of halogens is 3. The maximum atomic E-state index is 11.8. The van der Waals surface area contributed by atoms with Crippen LogP contribution >= 0.6 is 34.8 Å². The molecule has 1 amide bonds. The zero-order valence-corrected chi connectivity index (χ0v) is 11.9. The first-order chi connectivity index (χ1) is 9.06. The van der Waals surface area contributed by atoms with Gasteiger partial charge in [0.1, 0.15) is 0 Å². The van der Waals surface area contributed by atoms with E-state index in [2.05, 4.69) is 10.9 Å². The van der Waals surface area contributed by atoms with Crippen LogP contribution in [0.25, 0.3) is 0 Å². The predicted molar refractivity (Wildman–Crippen MR) is 79.0 cm³/mol. The van der Waals surface area contributed by atoms with Crippen molar-refractivity contribution in [3.63, 3.8) is 0 Å². The fraction of sp³-hybridized carbons (Fsp3) is 0. The SMILES string of the molecule is O=C(NNc1ccc(Cl)cc1Cl)c1ccc(Cl)cc1. The summed E-state index contributed by atoms with van der Waals surface area (Å²) in [7, 11) is 0. The van der Waals surface area contributed by atoms with E-state index < -0.39 is 0 Å². The molecule has 0 aromatic heterocycles. The Bertz CT molecular complexity index is 599. The molecule has 0 fully saturated rings. The molecule has 3 nitrogen and oxygen atoms in total. The molecular weight excluding hydrogens is 307 g/mol. The molecule has 0 aliphatic carbocycles. The summed E-state index contributed by atoms with van der Waals surface area (Å²) < 4.78 is 0. The van der Waals surface area contributed by atoms with Gasteiger partial charge in [0.2, 0.25) is 0 Å². The van der Waals surface area contributed by atoms with Crippen LogP contribution in [-0.4, -0.2) is 5.91 Å². The zero-order chi connectivity index (χ0) is 13.8. The molecule has 0 radical (unpaired) electrons. The fourth-order valence-electron chi connectivity index (χ4n) is 1.39. The second-order valence-corrected chi connectivity index (χ2v) is 4.99. The molecule has 0 saturated heterocycles. The molecule has 2 aromatic rings. The fourth-order valence-corrected chi connectivity index (χ4v) is 1.97. The van der Waals surface area contributed by atoms with Gasteiger partial charge >= 0.3 is 0 Å². The van der Waals surface area contributed by atoms with Crippen molar-refractivity contribution in [2.45, 2.75) is 0 Å². The molecule has 0 unspecified atom stereocenters. The number of amides is 1. The minimum absolute atomic E-state index is 0.289. The Kier molecular flexibility index (Phi) is 4.53. The van der Waals surface area contributed by atoms with Crippen LogP contribution in [0, 0.1) is 0 Å². The molecule has 0 atom stereocenters. The van der Waals surface area contributed by atoms with Crippen molar-refractivity contribution in [3.8, 4) is 0 Å². The summed E-state index contributed by atoms with van der Waals surface area (Å²) in [5.74, 6) is -0.289. The normalized spacial score (nSPS) is 10.1. The van der Waals surface area contributed by atoms with Gasteiger partial charge in [0.25, 0.3) is 5.91 Å². The Balaban J connectivity index is 2.02. The third-order valence-electron chi connectivity index (χ3n) is 2.35. The Morgan fingerprint density at radius 1 is 0.895 bits per heavy atom. The summed E-state index contributed by atoms with van der Waals surface area (Å²) in [5.41, 5.74) is 6.32. The summed E-state index contributed by atoms with van der Waals surface area (Å²) in [6, 6.07) is 11.5. The molecule has 98 valence electrons. The van der Waals surface area contributed by atoms with Crippen molar-refractivity contribution < 1.29 is 4.79 Å². The lowest BCUT2D eigenvalue weighted by molar-refractivity contribution is 0.0962. The molecule has 0 aliphatic rings. The standard InChI is InChI=1S/C13H9Cl3N2O/c14-9-3-1-8(2-4-9)13(19)18-17-12-6-5-10(15)7-11(12)16/h1-7,17H,(H,18,19). The number of hydrogen-bond acceptors (Lipinski definition) is 2. The molecule has 0 spiro atoms. The quantitative estimate of drug-likeness (QED) is 0.824. The summed E-state index contributed by atoms with van der Waals surface area (Å²) in [4.78, 5) is 11.8. The summed E-state index contributed by atoms with van der Waals surface area (Å²) in [6.07, 6.45) is 0. The highest BCUT2D eigenvalue weighted by Crippen LogP contribution is 2.24. The predicted octanol–water partition coefficient (Wildman–Crippen LogP) is 4.40. The van der Waals surface area contributed by atoms with Gasteiger partial charge in [-0.15, -0.1) is 0 Å². The van der Waals surface area contributed by atoms with Crippen molar-refractivity contribution in [2.24, 2.45) is 0 Å². The Morgan fingerprint density at radius 3 is 2.16 bits per heavy atom. The number of carbonyl (C=O) groups excluding carboxylic acids is 1. The van der Waals surface area contributed by atoms with Gasteiger partial charge in [-0.3, -0.25) is 15.6 Å². The number of hydrazine groups is 1. The molecule has 19 heavy (non-hydrogen) atoms. The van der Waals surface area contributed by atoms with Crippen LogP contribution < -0.4 is 10.9 Å². The van der Waals surface area contributed by atoms with Crippen LogP contribution in [-0.2, 0) is 0 Å². The minimum atomic E-state index is -0.289. The van der Waals surface area contributed by atoms with Gasteiger partial charge < -0.3 is 0 Å². The van der Waals surface area contributed by atoms with E-state index in [-0.39, 0.29) is 5.91 Å². The maximum Gasteiger partial charge on any atom is 0.269 e. The average molecular weight is 316 g/mol. The van der Waals surface area contributed by atoms with E-state index in [1.165, 1.54) is 0 Å². The number of anilines is 1. The van der Waals surface area contributed by atoms with E-state index in [1.54, 1.807) is 42.5 Å². The van der Waals surface area contributed by atoms with Gasteiger partial charge in [-0.25, -0.2) is 0 Å². The van der Waals surface area contributed by atoms with Gasteiger partial charge in [0.15, 0.2) is 0 Å². The summed E-state index contributed by atoms with van der Waals surface area (Å²) >= 11 is 17.5. The first-order valence-corrected chi connectivity index (χ1v) is 6.46. The lowest BCUT2D eigenvalue weighted by Crippen LogP contribution is -2.29. The highest BCUT2D eigenvalue weighted by atomic mass is 35.5. The van der Waals surface area contributed by atoms with Gasteiger partial charge in [-0.2, -0.15) is 0 Å². The second-order valence-electron chi connectivity index (χ2n) is 3.71. The van der Waals surface area contributed by atoms with Crippen LogP contribution in [0.15, 0.2) is 42.5 Å². The maximum absolute atomic E-state index is 11.8. The smallest absolute Gasteiger partial charge is 0.269 e. The van der Waals surface area contributed by atoms with E-state index in [1.807, 2.05) is 0 Å². The lowest BCUT2D eigenvalue weighted by atomic mass is 10.2. The van der Waals surface area contributed by atoms with Gasteiger partial charge in [0.05, 0.1) is 10.7 Å². The van der Waals surface area contributed by atoms with E-state index in [0.717, 1.165) is 0 Å². The molecule has 2 rings (SSSR count). The largest absolute Gasteiger partial charge is 0.297 e. The number of rotatable bonds is 3. The third-order valence-corrected chi connectivity index (χ3v) is 3.15. The van der Waals surface area contributed by atoms with Gasteiger partial charge in [-0.1, -0.05) is 34.8 Å². The highest BCUT2D eigenvalue weighted by molar-refractivity contribution is 6.36. The van der Waals surface area contributed by atoms with Crippen molar-refractivity contribution in [2.75, 3.05) is 5.43 Å². The summed E-state index contributed by atoms with van der Waals surface area (Å²) in [5, 5.41) is 1.52. The number of carbonyl (C=O) groups is 1. The van der Waals surface area contributed by atoms with E-state index in [4.69, 9.17) is 34.8 Å². The van der Waals surface area contributed by atoms with Crippen molar-refractivity contribution >= 4 is 46.4 Å². The lowest BCUT2D eigenvalue weighted by Gasteiger charge is -2.10. The Labute approximate surface area is 125 Å². The topological polar surface area (TPSA) is 41.1 Å². The van der Waals surface area contributed by atoms with Crippen LogP contribution in [0.5, 0.6) is 0 Å². The molecule has 2 N–H and O–H groups in total.